The van der Waals surface area contributed by atoms with Crippen molar-refractivity contribution in [1.82, 2.24) is 19.7 Å². The highest BCUT2D eigenvalue weighted by molar-refractivity contribution is 7.98. The standard InChI is InChI=1S/C19H27N5S/c1-24(18-16-6-7-20-17(16)21-12-22-18)14-10-19(11-14)8-13(9-19)23-25-15-4-2-3-5-15/h6-7,12-15,23H,2-5,8-11H2,1H3,(H,20,21,22). The Balaban J connectivity index is 1.14. The lowest BCUT2D eigenvalue weighted by atomic mass is 9.52. The second kappa shape index (κ2) is 6.16. The monoisotopic (exact) mass is 357 g/mol. The average molecular weight is 358 g/mol. The highest BCUT2D eigenvalue weighted by Crippen LogP contribution is 2.58. The number of aromatic amines is 1. The molecular formula is C19H27N5S. The van der Waals surface area contributed by atoms with Gasteiger partial charge in [0.15, 0.2) is 0 Å². The molecule has 0 aromatic carbocycles. The summed E-state index contributed by atoms with van der Waals surface area (Å²) >= 11 is 2.03. The van der Waals surface area contributed by atoms with E-state index >= 15 is 0 Å². The zero-order valence-corrected chi connectivity index (χ0v) is 15.7. The Bertz CT molecular complexity index is 739. The van der Waals surface area contributed by atoms with E-state index in [1.165, 1.54) is 51.4 Å². The van der Waals surface area contributed by atoms with Crippen molar-refractivity contribution in [2.24, 2.45) is 5.41 Å². The number of nitrogens with one attached hydrogen (secondary N) is 2. The molecule has 0 bridgehead atoms. The Hall–Kier alpha value is -1.27. The minimum Gasteiger partial charge on any atom is -0.356 e. The lowest BCUT2D eigenvalue weighted by molar-refractivity contribution is -0.0113. The molecule has 2 aromatic rings. The Kier molecular flexibility index (Phi) is 3.93. The molecular weight excluding hydrogens is 330 g/mol. The van der Waals surface area contributed by atoms with E-state index in [9.17, 15) is 0 Å². The summed E-state index contributed by atoms with van der Waals surface area (Å²) in [5.74, 6) is 1.07. The molecule has 0 radical (unpaired) electrons. The van der Waals surface area contributed by atoms with Crippen LogP contribution < -0.4 is 9.62 Å². The van der Waals surface area contributed by atoms with Crippen LogP contribution in [0.4, 0.5) is 5.82 Å². The van der Waals surface area contributed by atoms with Crippen LogP contribution in [0.3, 0.4) is 0 Å². The summed E-state index contributed by atoms with van der Waals surface area (Å²) in [6.07, 6.45) is 14.6. The molecule has 3 fully saturated rings. The van der Waals surface area contributed by atoms with Gasteiger partial charge in [-0.05, 0) is 50.0 Å². The van der Waals surface area contributed by atoms with Gasteiger partial charge in [0.25, 0.3) is 0 Å². The molecule has 3 aliphatic rings. The molecule has 1 spiro atoms. The first kappa shape index (κ1) is 15.9. The van der Waals surface area contributed by atoms with Crippen molar-refractivity contribution >= 4 is 28.8 Å². The van der Waals surface area contributed by atoms with Gasteiger partial charge in [0.1, 0.15) is 17.8 Å². The number of anilines is 1. The summed E-state index contributed by atoms with van der Waals surface area (Å²) in [4.78, 5) is 14.4. The molecule has 2 aromatic heterocycles. The molecule has 134 valence electrons. The van der Waals surface area contributed by atoms with Gasteiger partial charge in [0.2, 0.25) is 0 Å². The zero-order valence-electron chi connectivity index (χ0n) is 14.9. The van der Waals surface area contributed by atoms with Crippen LogP contribution in [-0.4, -0.2) is 39.3 Å². The number of H-pyrrole nitrogens is 1. The zero-order chi connectivity index (χ0) is 16.9. The van der Waals surface area contributed by atoms with Crippen molar-refractivity contribution in [3.05, 3.63) is 18.6 Å². The minimum atomic E-state index is 0.608. The normalized spacial score (nSPS) is 32.0. The predicted octanol–water partition coefficient (Wildman–Crippen LogP) is 3.89. The maximum atomic E-state index is 4.54. The van der Waals surface area contributed by atoms with E-state index in [1.54, 1.807) is 6.33 Å². The number of fused-ring (bicyclic) bond motifs is 1. The summed E-state index contributed by atoms with van der Waals surface area (Å²) in [5.41, 5.74) is 1.54. The number of hydrogen-bond donors (Lipinski definition) is 2. The van der Waals surface area contributed by atoms with E-state index in [4.69, 9.17) is 0 Å². The number of nitrogens with zero attached hydrogens (tertiary/aromatic N) is 3. The second-order valence-electron chi connectivity index (χ2n) is 8.36. The van der Waals surface area contributed by atoms with Crippen LogP contribution in [-0.2, 0) is 0 Å². The van der Waals surface area contributed by atoms with Gasteiger partial charge < -0.3 is 9.88 Å². The van der Waals surface area contributed by atoms with Crippen LogP contribution in [0.1, 0.15) is 51.4 Å². The van der Waals surface area contributed by atoms with Gasteiger partial charge in [-0.2, -0.15) is 0 Å². The Morgan fingerprint density at radius 3 is 2.80 bits per heavy atom. The molecule has 3 saturated carbocycles. The highest BCUT2D eigenvalue weighted by atomic mass is 32.2. The van der Waals surface area contributed by atoms with Crippen molar-refractivity contribution in [1.29, 1.82) is 0 Å². The molecule has 25 heavy (non-hydrogen) atoms. The third-order valence-corrected chi connectivity index (χ3v) is 7.89. The molecule has 3 aliphatic carbocycles. The highest BCUT2D eigenvalue weighted by Gasteiger charge is 2.54. The number of rotatable bonds is 5. The fourth-order valence-corrected chi connectivity index (χ4v) is 6.25. The van der Waals surface area contributed by atoms with E-state index in [2.05, 4.69) is 37.7 Å². The number of hydrogen-bond acceptors (Lipinski definition) is 5. The molecule has 5 nitrogen and oxygen atoms in total. The van der Waals surface area contributed by atoms with Gasteiger partial charge in [-0.3, -0.25) is 4.72 Å². The Morgan fingerprint density at radius 2 is 2.00 bits per heavy atom. The lowest BCUT2D eigenvalue weighted by Gasteiger charge is -2.59. The summed E-state index contributed by atoms with van der Waals surface area (Å²) in [7, 11) is 2.19. The molecule has 2 heterocycles. The first-order valence-corrected chi connectivity index (χ1v) is 10.5. The first-order chi connectivity index (χ1) is 12.2. The lowest BCUT2D eigenvalue weighted by Crippen LogP contribution is -2.59. The van der Waals surface area contributed by atoms with Crippen LogP contribution in [0.2, 0.25) is 0 Å². The fourth-order valence-electron chi connectivity index (χ4n) is 5.13. The van der Waals surface area contributed by atoms with Crippen LogP contribution in [0.15, 0.2) is 18.6 Å². The predicted molar refractivity (Wildman–Crippen MR) is 104 cm³/mol. The Morgan fingerprint density at radius 1 is 1.20 bits per heavy atom. The molecule has 2 N–H and O–H groups in total. The quantitative estimate of drug-likeness (QED) is 0.795. The maximum Gasteiger partial charge on any atom is 0.142 e. The summed E-state index contributed by atoms with van der Waals surface area (Å²) in [6.45, 7) is 0. The minimum absolute atomic E-state index is 0.608. The van der Waals surface area contributed by atoms with Gasteiger partial charge in [-0.25, -0.2) is 9.97 Å². The SMILES string of the molecule is CN(c1ncnc2[nH]ccc12)C1CC2(CC(NSC3CCCC3)C2)C1. The van der Waals surface area contributed by atoms with Gasteiger partial charge >= 0.3 is 0 Å². The van der Waals surface area contributed by atoms with Crippen molar-refractivity contribution in [3.63, 3.8) is 0 Å². The largest absolute Gasteiger partial charge is 0.356 e. The van der Waals surface area contributed by atoms with Gasteiger partial charge in [-0.1, -0.05) is 24.8 Å². The van der Waals surface area contributed by atoms with Gasteiger partial charge in [0.05, 0.1) is 5.39 Å². The summed E-state index contributed by atoms with van der Waals surface area (Å²) in [6, 6.07) is 3.45. The van der Waals surface area contributed by atoms with Crippen molar-refractivity contribution < 1.29 is 0 Å². The van der Waals surface area contributed by atoms with E-state index in [0.29, 0.717) is 11.5 Å². The number of aromatic nitrogens is 3. The van der Waals surface area contributed by atoms with E-state index in [-0.39, 0.29) is 0 Å². The topological polar surface area (TPSA) is 56.8 Å². The average Bonchev–Trinajstić information content (AvgIpc) is 3.22. The van der Waals surface area contributed by atoms with Crippen LogP contribution in [0, 0.1) is 5.41 Å². The van der Waals surface area contributed by atoms with Crippen molar-refractivity contribution in [2.75, 3.05) is 11.9 Å². The first-order valence-electron chi connectivity index (χ1n) is 9.65. The Labute approximate surface area is 153 Å². The van der Waals surface area contributed by atoms with E-state index in [1.807, 2.05) is 18.1 Å². The maximum absolute atomic E-state index is 4.54. The van der Waals surface area contributed by atoms with Crippen LogP contribution in [0.25, 0.3) is 11.0 Å². The van der Waals surface area contributed by atoms with Crippen molar-refractivity contribution in [2.45, 2.75) is 68.7 Å². The van der Waals surface area contributed by atoms with E-state index < -0.39 is 0 Å². The third-order valence-electron chi connectivity index (χ3n) is 6.61. The van der Waals surface area contributed by atoms with Crippen LogP contribution in [0.5, 0.6) is 0 Å². The van der Waals surface area contributed by atoms with Gasteiger partial charge in [-0.15, -0.1) is 0 Å². The smallest absolute Gasteiger partial charge is 0.142 e. The van der Waals surface area contributed by atoms with E-state index in [0.717, 1.165) is 28.1 Å². The fraction of sp³-hybridized carbons (Fsp3) is 0.684. The molecule has 0 atom stereocenters. The van der Waals surface area contributed by atoms with Gasteiger partial charge in [0, 0.05) is 30.6 Å². The molecule has 5 rings (SSSR count). The van der Waals surface area contributed by atoms with Crippen LogP contribution >= 0.6 is 11.9 Å². The second-order valence-corrected chi connectivity index (χ2v) is 9.50. The third kappa shape index (κ3) is 2.83. The molecule has 0 saturated heterocycles. The summed E-state index contributed by atoms with van der Waals surface area (Å²) in [5, 5.41) is 2.01. The molecule has 0 amide bonds. The molecule has 6 heteroatoms. The molecule has 0 aliphatic heterocycles. The van der Waals surface area contributed by atoms with Crippen molar-refractivity contribution in [3.8, 4) is 0 Å². The summed E-state index contributed by atoms with van der Waals surface area (Å²) < 4.78 is 3.76. The molecule has 0 unspecified atom stereocenters.